The largest absolute Gasteiger partial charge is 0.482 e. The predicted molar refractivity (Wildman–Crippen MR) is 118 cm³/mol. The Bertz CT molecular complexity index is 1280. The van der Waals surface area contributed by atoms with Crippen LogP contribution < -0.4 is 15.7 Å². The summed E-state index contributed by atoms with van der Waals surface area (Å²) in [6.45, 7) is 1.55. The lowest BCUT2D eigenvalue weighted by molar-refractivity contribution is -0.118. The van der Waals surface area contributed by atoms with E-state index in [1.54, 1.807) is 13.0 Å². The van der Waals surface area contributed by atoms with Gasteiger partial charge in [-0.15, -0.1) is 0 Å². The molecule has 0 unspecified atom stereocenters. The number of carbonyl (C=O) groups is 1. The van der Waals surface area contributed by atoms with Gasteiger partial charge in [-0.25, -0.2) is 4.79 Å². The smallest absolute Gasteiger partial charge is 0.336 e. The Morgan fingerprint density at radius 2 is 1.77 bits per heavy atom. The molecule has 0 saturated carbocycles. The number of hydrogen-bond donors (Lipinski definition) is 1. The number of rotatable bonds is 5. The van der Waals surface area contributed by atoms with Crippen LogP contribution in [-0.4, -0.2) is 12.5 Å². The van der Waals surface area contributed by atoms with Crippen molar-refractivity contribution < 1.29 is 13.9 Å². The van der Waals surface area contributed by atoms with Crippen LogP contribution in [0, 0.1) is 6.92 Å². The SMILES string of the molecule is Cc1cc(=O)oc2cc(OCC(=O)Nc3ccccc3-c3ccccc3)c(Cl)cc12. The zero-order valence-corrected chi connectivity index (χ0v) is 16.9. The van der Waals surface area contributed by atoms with Crippen molar-refractivity contribution in [3.05, 3.63) is 93.8 Å². The summed E-state index contributed by atoms with van der Waals surface area (Å²) < 4.78 is 10.8. The van der Waals surface area contributed by atoms with Gasteiger partial charge in [0.1, 0.15) is 11.3 Å². The Balaban J connectivity index is 1.51. The van der Waals surface area contributed by atoms with E-state index in [1.165, 1.54) is 12.1 Å². The predicted octanol–water partition coefficient (Wildman–Crippen LogP) is 5.44. The molecule has 0 spiro atoms. The highest BCUT2D eigenvalue weighted by atomic mass is 35.5. The first-order valence-corrected chi connectivity index (χ1v) is 9.70. The van der Waals surface area contributed by atoms with Crippen molar-refractivity contribution in [1.29, 1.82) is 0 Å². The number of anilines is 1. The third kappa shape index (κ3) is 4.21. The zero-order valence-electron chi connectivity index (χ0n) is 16.1. The topological polar surface area (TPSA) is 68.5 Å². The van der Waals surface area contributed by atoms with Gasteiger partial charge < -0.3 is 14.5 Å². The summed E-state index contributed by atoms with van der Waals surface area (Å²) in [6.07, 6.45) is 0. The van der Waals surface area contributed by atoms with Crippen LogP contribution >= 0.6 is 11.6 Å². The Kier molecular flexibility index (Phi) is 5.55. The van der Waals surface area contributed by atoms with E-state index in [1.807, 2.05) is 54.6 Å². The summed E-state index contributed by atoms with van der Waals surface area (Å²) in [5.41, 5.74) is 3.25. The minimum Gasteiger partial charge on any atom is -0.482 e. The molecule has 1 amide bonds. The van der Waals surface area contributed by atoms with Gasteiger partial charge in [-0.1, -0.05) is 60.1 Å². The number of amides is 1. The molecule has 0 saturated heterocycles. The van der Waals surface area contributed by atoms with E-state index in [0.29, 0.717) is 21.7 Å². The molecule has 1 N–H and O–H groups in total. The minimum absolute atomic E-state index is 0.246. The number of aryl methyl sites for hydroxylation is 1. The molecule has 0 radical (unpaired) electrons. The first-order valence-electron chi connectivity index (χ1n) is 9.32. The summed E-state index contributed by atoms with van der Waals surface area (Å²) >= 11 is 6.29. The molecular weight excluding hydrogens is 402 g/mol. The van der Waals surface area contributed by atoms with Crippen molar-refractivity contribution in [2.24, 2.45) is 0 Å². The Morgan fingerprint density at radius 3 is 2.57 bits per heavy atom. The molecule has 0 aliphatic carbocycles. The van der Waals surface area contributed by atoms with Crippen LogP contribution in [-0.2, 0) is 4.79 Å². The van der Waals surface area contributed by atoms with Crippen LogP contribution in [0.15, 0.2) is 82.0 Å². The fraction of sp³-hybridized carbons (Fsp3) is 0.0833. The fourth-order valence-electron chi connectivity index (χ4n) is 3.22. The molecule has 1 heterocycles. The molecule has 1 aromatic heterocycles. The lowest BCUT2D eigenvalue weighted by Gasteiger charge is -2.13. The van der Waals surface area contributed by atoms with Gasteiger partial charge >= 0.3 is 5.63 Å². The maximum atomic E-state index is 12.5. The molecule has 0 fully saturated rings. The van der Waals surface area contributed by atoms with Crippen molar-refractivity contribution >= 4 is 34.2 Å². The first kappa shape index (κ1) is 19.7. The van der Waals surface area contributed by atoms with Gasteiger partial charge in [-0.2, -0.15) is 0 Å². The highest BCUT2D eigenvalue weighted by molar-refractivity contribution is 6.32. The molecule has 0 bridgehead atoms. The molecule has 3 aromatic carbocycles. The quantitative estimate of drug-likeness (QED) is 0.437. The van der Waals surface area contributed by atoms with E-state index in [0.717, 1.165) is 16.7 Å². The summed E-state index contributed by atoms with van der Waals surface area (Å²) in [5.74, 6) is -0.0651. The number of carbonyl (C=O) groups excluding carboxylic acids is 1. The molecule has 4 aromatic rings. The lowest BCUT2D eigenvalue weighted by Crippen LogP contribution is -2.20. The third-order valence-electron chi connectivity index (χ3n) is 4.65. The maximum absolute atomic E-state index is 12.5. The zero-order chi connectivity index (χ0) is 21.1. The minimum atomic E-state index is -0.455. The second kappa shape index (κ2) is 8.43. The van der Waals surface area contributed by atoms with Crippen molar-refractivity contribution in [3.8, 4) is 16.9 Å². The van der Waals surface area contributed by atoms with Crippen LogP contribution in [0.4, 0.5) is 5.69 Å². The number of para-hydroxylation sites is 1. The molecule has 30 heavy (non-hydrogen) atoms. The van der Waals surface area contributed by atoms with Gasteiger partial charge in [0.2, 0.25) is 0 Å². The van der Waals surface area contributed by atoms with Crippen molar-refractivity contribution in [1.82, 2.24) is 0 Å². The van der Waals surface area contributed by atoms with E-state index in [2.05, 4.69) is 5.32 Å². The fourth-order valence-corrected chi connectivity index (χ4v) is 3.44. The normalized spacial score (nSPS) is 10.7. The van der Waals surface area contributed by atoms with Gasteiger partial charge in [0, 0.05) is 28.8 Å². The number of hydrogen-bond acceptors (Lipinski definition) is 4. The number of nitrogens with one attached hydrogen (secondary N) is 1. The molecule has 0 aliphatic rings. The highest BCUT2D eigenvalue weighted by Gasteiger charge is 2.12. The number of benzene rings is 3. The van der Waals surface area contributed by atoms with Crippen molar-refractivity contribution in [2.75, 3.05) is 11.9 Å². The second-order valence-corrected chi connectivity index (χ2v) is 7.18. The molecular formula is C24H18ClNO4. The number of ether oxygens (including phenoxy) is 1. The Hall–Kier alpha value is -3.57. The van der Waals surface area contributed by atoms with Gasteiger partial charge in [-0.05, 0) is 30.2 Å². The molecule has 0 atom stereocenters. The van der Waals surface area contributed by atoms with Crippen LogP contribution in [0.3, 0.4) is 0 Å². The number of fused-ring (bicyclic) bond motifs is 1. The molecule has 5 nitrogen and oxygen atoms in total. The first-order chi connectivity index (χ1) is 14.5. The van der Waals surface area contributed by atoms with Gasteiger partial charge in [0.15, 0.2) is 6.61 Å². The Labute approximate surface area is 177 Å². The summed E-state index contributed by atoms with van der Waals surface area (Å²) in [6, 6.07) is 21.9. The van der Waals surface area contributed by atoms with E-state index >= 15 is 0 Å². The average Bonchev–Trinajstić information content (AvgIpc) is 2.74. The standard InChI is InChI=1S/C24H18ClNO4/c1-15-11-24(28)30-21-13-22(19(25)12-18(15)21)29-14-23(27)26-20-10-6-5-9-17(20)16-7-3-2-4-8-16/h2-13H,14H2,1H3,(H,26,27). The van der Waals surface area contributed by atoms with Gasteiger partial charge in [0.25, 0.3) is 5.91 Å². The highest BCUT2D eigenvalue weighted by Crippen LogP contribution is 2.31. The monoisotopic (exact) mass is 419 g/mol. The molecule has 4 rings (SSSR count). The average molecular weight is 420 g/mol. The Morgan fingerprint density at radius 1 is 1.03 bits per heavy atom. The molecule has 150 valence electrons. The third-order valence-corrected chi connectivity index (χ3v) is 4.94. The molecule has 6 heteroatoms. The van der Waals surface area contributed by atoms with Crippen molar-refractivity contribution in [2.45, 2.75) is 6.92 Å². The second-order valence-electron chi connectivity index (χ2n) is 6.78. The lowest BCUT2D eigenvalue weighted by atomic mass is 10.0. The van der Waals surface area contributed by atoms with Crippen LogP contribution in [0.1, 0.15) is 5.56 Å². The van der Waals surface area contributed by atoms with Crippen LogP contribution in [0.5, 0.6) is 5.75 Å². The summed E-state index contributed by atoms with van der Waals surface area (Å²) in [7, 11) is 0. The maximum Gasteiger partial charge on any atom is 0.336 e. The van der Waals surface area contributed by atoms with Crippen LogP contribution in [0.25, 0.3) is 22.1 Å². The summed E-state index contributed by atoms with van der Waals surface area (Å²) in [5, 5.41) is 3.92. The van der Waals surface area contributed by atoms with E-state index in [4.69, 9.17) is 20.8 Å². The van der Waals surface area contributed by atoms with Gasteiger partial charge in [-0.3, -0.25) is 4.79 Å². The van der Waals surface area contributed by atoms with E-state index in [-0.39, 0.29) is 18.3 Å². The van der Waals surface area contributed by atoms with E-state index < -0.39 is 5.63 Å². The van der Waals surface area contributed by atoms with E-state index in [9.17, 15) is 9.59 Å². The van der Waals surface area contributed by atoms with Crippen LogP contribution in [0.2, 0.25) is 5.02 Å². The van der Waals surface area contributed by atoms with Crippen molar-refractivity contribution in [3.63, 3.8) is 0 Å². The number of halogens is 1. The van der Waals surface area contributed by atoms with Gasteiger partial charge in [0.05, 0.1) is 5.02 Å². The summed E-state index contributed by atoms with van der Waals surface area (Å²) in [4.78, 5) is 24.1. The molecule has 0 aliphatic heterocycles.